The first-order valence-corrected chi connectivity index (χ1v) is 10.1. The third-order valence-corrected chi connectivity index (χ3v) is 7.57. The van der Waals surface area contributed by atoms with Gasteiger partial charge in [0.15, 0.2) is 9.84 Å². The summed E-state index contributed by atoms with van der Waals surface area (Å²) in [5.41, 5.74) is -0.0792. The van der Waals surface area contributed by atoms with E-state index in [1.807, 2.05) is 0 Å². The normalized spacial score (nSPS) is 19.3. The summed E-state index contributed by atoms with van der Waals surface area (Å²) in [4.78, 5) is 0.432. The third-order valence-electron chi connectivity index (χ3n) is 3.87. The molecule has 106 valence electrons. The molecule has 2 rings (SSSR count). The molecule has 1 aromatic carbocycles. The smallest absolute Gasteiger partial charge is 0.178 e. The molecule has 0 saturated heterocycles. The summed E-state index contributed by atoms with van der Waals surface area (Å²) in [6.45, 7) is 0. The topological polar surface area (TPSA) is 34.1 Å². The summed E-state index contributed by atoms with van der Waals surface area (Å²) in [5, 5.41) is 0.774. The molecule has 0 amide bonds. The summed E-state index contributed by atoms with van der Waals surface area (Å²) in [5.74, 6) is 0.257. The van der Waals surface area contributed by atoms with Gasteiger partial charge in [0, 0.05) is 9.80 Å². The minimum atomic E-state index is -3.20. The van der Waals surface area contributed by atoms with E-state index in [0.29, 0.717) is 4.90 Å². The third kappa shape index (κ3) is 3.82. The Hall–Kier alpha value is 0.130. The fraction of sp³-hybridized carbons (Fsp3) is 0.571. The SMILES string of the molecule is O=S(=O)(CC1(CBr)CCCCC1)c1ccc(Br)cc1. The number of benzene rings is 1. The zero-order chi connectivity index (χ0) is 13.9. The molecular weight excluding hydrogens is 392 g/mol. The minimum Gasteiger partial charge on any atom is -0.224 e. The van der Waals surface area contributed by atoms with Crippen LogP contribution in [0.3, 0.4) is 0 Å². The second-order valence-electron chi connectivity index (χ2n) is 5.41. The summed E-state index contributed by atoms with van der Waals surface area (Å²) >= 11 is 6.87. The Morgan fingerprint density at radius 3 is 2.16 bits per heavy atom. The first-order chi connectivity index (χ1) is 8.97. The predicted octanol–water partition coefficient (Wildman–Crippen LogP) is 4.57. The lowest BCUT2D eigenvalue weighted by Crippen LogP contribution is -2.34. The standard InChI is InChI=1S/C14H18Br2O2S/c15-10-14(8-2-1-3-9-14)11-19(17,18)13-6-4-12(16)5-7-13/h4-7H,1-3,8-11H2. The van der Waals surface area contributed by atoms with Gasteiger partial charge in [-0.1, -0.05) is 51.1 Å². The van der Waals surface area contributed by atoms with Gasteiger partial charge in [-0.15, -0.1) is 0 Å². The molecule has 0 atom stereocenters. The highest BCUT2D eigenvalue weighted by Gasteiger charge is 2.36. The van der Waals surface area contributed by atoms with Crippen LogP contribution in [-0.4, -0.2) is 19.5 Å². The van der Waals surface area contributed by atoms with Crippen molar-refractivity contribution < 1.29 is 8.42 Å². The first-order valence-electron chi connectivity index (χ1n) is 6.52. The maximum Gasteiger partial charge on any atom is 0.178 e. The van der Waals surface area contributed by atoms with Crippen LogP contribution in [0.1, 0.15) is 32.1 Å². The van der Waals surface area contributed by atoms with Gasteiger partial charge < -0.3 is 0 Å². The lowest BCUT2D eigenvalue weighted by molar-refractivity contribution is 0.256. The van der Waals surface area contributed by atoms with Crippen LogP contribution in [0.15, 0.2) is 33.6 Å². The predicted molar refractivity (Wildman–Crippen MR) is 85.5 cm³/mol. The van der Waals surface area contributed by atoms with Gasteiger partial charge >= 0.3 is 0 Å². The van der Waals surface area contributed by atoms with Crippen molar-refractivity contribution >= 4 is 41.7 Å². The van der Waals surface area contributed by atoms with E-state index < -0.39 is 9.84 Å². The van der Waals surface area contributed by atoms with Gasteiger partial charge in [0.05, 0.1) is 10.6 Å². The zero-order valence-electron chi connectivity index (χ0n) is 10.7. The molecule has 0 radical (unpaired) electrons. The van der Waals surface area contributed by atoms with E-state index in [4.69, 9.17) is 0 Å². The Labute approximate surface area is 132 Å². The maximum absolute atomic E-state index is 12.5. The lowest BCUT2D eigenvalue weighted by atomic mass is 9.77. The second-order valence-corrected chi connectivity index (χ2v) is 8.87. The van der Waals surface area contributed by atoms with Gasteiger partial charge in [-0.05, 0) is 42.5 Å². The highest BCUT2D eigenvalue weighted by atomic mass is 79.9. The molecule has 1 fully saturated rings. The molecule has 1 aliphatic carbocycles. The molecular formula is C14H18Br2O2S. The molecule has 0 spiro atoms. The van der Waals surface area contributed by atoms with E-state index in [-0.39, 0.29) is 11.2 Å². The van der Waals surface area contributed by atoms with Crippen molar-refractivity contribution in [1.29, 1.82) is 0 Å². The fourth-order valence-corrected chi connectivity index (χ4v) is 5.95. The molecule has 0 bridgehead atoms. The number of rotatable bonds is 4. The summed E-state index contributed by atoms with van der Waals surface area (Å²) in [7, 11) is -3.20. The Bertz CT molecular complexity index is 517. The van der Waals surface area contributed by atoms with E-state index >= 15 is 0 Å². The van der Waals surface area contributed by atoms with E-state index in [2.05, 4.69) is 31.9 Å². The molecule has 0 unspecified atom stereocenters. The molecule has 0 N–H and O–H groups in total. The molecule has 0 heterocycles. The molecule has 0 aromatic heterocycles. The van der Waals surface area contributed by atoms with Crippen LogP contribution in [0.2, 0.25) is 0 Å². The molecule has 1 aliphatic rings. The number of hydrogen-bond donors (Lipinski definition) is 0. The molecule has 0 aliphatic heterocycles. The van der Waals surface area contributed by atoms with Gasteiger partial charge in [-0.3, -0.25) is 0 Å². The van der Waals surface area contributed by atoms with Gasteiger partial charge in [0.1, 0.15) is 0 Å². The number of sulfone groups is 1. The van der Waals surface area contributed by atoms with Gasteiger partial charge in [0.25, 0.3) is 0 Å². The van der Waals surface area contributed by atoms with Crippen molar-refractivity contribution in [3.05, 3.63) is 28.7 Å². The van der Waals surface area contributed by atoms with Gasteiger partial charge in [-0.25, -0.2) is 8.42 Å². The zero-order valence-corrected chi connectivity index (χ0v) is 14.7. The van der Waals surface area contributed by atoms with Crippen LogP contribution in [0.25, 0.3) is 0 Å². The highest BCUT2D eigenvalue weighted by Crippen LogP contribution is 2.40. The summed E-state index contributed by atoms with van der Waals surface area (Å²) in [6.07, 6.45) is 5.53. The van der Waals surface area contributed by atoms with Crippen molar-refractivity contribution in [3.63, 3.8) is 0 Å². The number of hydrogen-bond acceptors (Lipinski definition) is 2. The average molecular weight is 410 g/mol. The van der Waals surface area contributed by atoms with Crippen LogP contribution in [-0.2, 0) is 9.84 Å². The Morgan fingerprint density at radius 1 is 1.05 bits per heavy atom. The maximum atomic E-state index is 12.5. The van der Waals surface area contributed by atoms with E-state index in [9.17, 15) is 8.42 Å². The fourth-order valence-electron chi connectivity index (χ4n) is 2.75. The largest absolute Gasteiger partial charge is 0.224 e. The number of halogens is 2. The van der Waals surface area contributed by atoms with Crippen LogP contribution in [0.4, 0.5) is 0 Å². The highest BCUT2D eigenvalue weighted by molar-refractivity contribution is 9.10. The molecule has 1 aromatic rings. The quantitative estimate of drug-likeness (QED) is 0.682. The van der Waals surface area contributed by atoms with Crippen molar-refractivity contribution in [2.24, 2.45) is 5.41 Å². The van der Waals surface area contributed by atoms with Crippen LogP contribution < -0.4 is 0 Å². The van der Waals surface area contributed by atoms with E-state index in [0.717, 1.165) is 35.5 Å². The van der Waals surface area contributed by atoms with Crippen LogP contribution in [0, 0.1) is 5.41 Å². The van der Waals surface area contributed by atoms with E-state index in [1.165, 1.54) is 6.42 Å². The minimum absolute atomic E-state index is 0.0792. The Morgan fingerprint density at radius 2 is 1.63 bits per heavy atom. The van der Waals surface area contributed by atoms with Crippen molar-refractivity contribution in [1.82, 2.24) is 0 Å². The Balaban J connectivity index is 2.22. The van der Waals surface area contributed by atoms with Crippen molar-refractivity contribution in [2.45, 2.75) is 37.0 Å². The first kappa shape index (κ1) is 15.5. The monoisotopic (exact) mass is 408 g/mol. The average Bonchev–Trinajstić information content (AvgIpc) is 2.40. The van der Waals surface area contributed by atoms with Crippen molar-refractivity contribution in [2.75, 3.05) is 11.1 Å². The second kappa shape index (κ2) is 6.27. The van der Waals surface area contributed by atoms with Gasteiger partial charge in [-0.2, -0.15) is 0 Å². The molecule has 1 saturated carbocycles. The van der Waals surface area contributed by atoms with Crippen LogP contribution >= 0.6 is 31.9 Å². The van der Waals surface area contributed by atoms with Crippen LogP contribution in [0.5, 0.6) is 0 Å². The molecule has 5 heteroatoms. The van der Waals surface area contributed by atoms with Crippen molar-refractivity contribution in [3.8, 4) is 0 Å². The lowest BCUT2D eigenvalue weighted by Gasteiger charge is -2.35. The molecule has 19 heavy (non-hydrogen) atoms. The Kier molecular flexibility index (Phi) is 5.12. The summed E-state index contributed by atoms with van der Waals surface area (Å²) in [6, 6.07) is 6.94. The number of alkyl halides is 1. The summed E-state index contributed by atoms with van der Waals surface area (Å²) < 4.78 is 26.0. The van der Waals surface area contributed by atoms with Gasteiger partial charge in [0.2, 0.25) is 0 Å². The van der Waals surface area contributed by atoms with E-state index in [1.54, 1.807) is 24.3 Å². The molecule has 2 nitrogen and oxygen atoms in total.